The Morgan fingerprint density at radius 1 is 1.50 bits per heavy atom. The summed E-state index contributed by atoms with van der Waals surface area (Å²) in [5.41, 5.74) is 7.02. The van der Waals surface area contributed by atoms with E-state index >= 15 is 0 Å². The number of nitrogens with one attached hydrogen (secondary N) is 1. The van der Waals surface area contributed by atoms with Crippen molar-refractivity contribution in [2.45, 2.75) is 6.54 Å². The van der Waals surface area contributed by atoms with Crippen LogP contribution in [0.4, 0.5) is 5.69 Å². The highest BCUT2D eigenvalue weighted by Gasteiger charge is 2.05. The smallest absolute Gasteiger partial charge is 0.229 e. The fourth-order valence-electron chi connectivity index (χ4n) is 0.968. The lowest BCUT2D eigenvalue weighted by Gasteiger charge is -2.07. The van der Waals surface area contributed by atoms with Crippen molar-refractivity contribution < 1.29 is 8.42 Å². The number of halogens is 1. The first-order valence-corrected chi connectivity index (χ1v) is 6.85. The maximum atomic E-state index is 11.0. The molecule has 0 heterocycles. The van der Waals surface area contributed by atoms with E-state index in [0.29, 0.717) is 12.2 Å². The maximum absolute atomic E-state index is 11.0. The van der Waals surface area contributed by atoms with E-state index in [-0.39, 0.29) is 0 Å². The Balaban J connectivity index is 3.01. The Labute approximate surface area is 97.1 Å². The third-order valence-electron chi connectivity index (χ3n) is 1.56. The molecule has 0 amide bonds. The molecule has 6 heteroatoms. The van der Waals surface area contributed by atoms with E-state index < -0.39 is 10.0 Å². The second kappa shape index (κ2) is 4.45. The summed E-state index contributed by atoms with van der Waals surface area (Å²) in [6.07, 6.45) is 1.12. The lowest BCUT2D eigenvalue weighted by Crippen LogP contribution is -2.11. The van der Waals surface area contributed by atoms with Crippen LogP contribution in [-0.4, -0.2) is 14.7 Å². The number of benzene rings is 1. The molecule has 0 radical (unpaired) electrons. The number of nitrogens with two attached hydrogens (primary N) is 1. The highest BCUT2D eigenvalue weighted by Crippen LogP contribution is 2.20. The van der Waals surface area contributed by atoms with E-state index in [9.17, 15) is 8.42 Å². The average Bonchev–Trinajstić information content (AvgIpc) is 2.06. The van der Waals surface area contributed by atoms with Gasteiger partial charge in [0.1, 0.15) is 0 Å². The topological polar surface area (TPSA) is 72.2 Å². The molecule has 0 unspecified atom stereocenters. The van der Waals surface area contributed by atoms with Crippen LogP contribution in [-0.2, 0) is 16.6 Å². The van der Waals surface area contributed by atoms with Gasteiger partial charge in [0.05, 0.1) is 11.9 Å². The van der Waals surface area contributed by atoms with Crippen LogP contribution in [0.5, 0.6) is 0 Å². The van der Waals surface area contributed by atoms with Crippen molar-refractivity contribution in [3.63, 3.8) is 0 Å². The van der Waals surface area contributed by atoms with Gasteiger partial charge in [-0.05, 0) is 40.3 Å². The molecule has 3 N–H and O–H groups in total. The van der Waals surface area contributed by atoms with Crippen LogP contribution in [0.2, 0.25) is 0 Å². The Bertz CT molecular complexity index is 431. The third kappa shape index (κ3) is 3.43. The molecule has 0 aliphatic carbocycles. The van der Waals surface area contributed by atoms with Crippen LogP contribution in [0, 0.1) is 3.57 Å². The van der Waals surface area contributed by atoms with Gasteiger partial charge < -0.3 is 5.73 Å². The van der Waals surface area contributed by atoms with Crippen molar-refractivity contribution in [1.82, 2.24) is 0 Å². The van der Waals surface area contributed by atoms with Gasteiger partial charge in [0.25, 0.3) is 0 Å². The minimum absolute atomic E-state index is 0.454. The predicted octanol–water partition coefficient (Wildman–Crippen LogP) is 1.12. The van der Waals surface area contributed by atoms with Gasteiger partial charge in [0, 0.05) is 10.1 Å². The fraction of sp³-hybridized carbons (Fsp3) is 0.250. The van der Waals surface area contributed by atoms with Crippen molar-refractivity contribution in [2.75, 3.05) is 11.0 Å². The van der Waals surface area contributed by atoms with Crippen LogP contribution in [0.1, 0.15) is 5.56 Å². The van der Waals surface area contributed by atoms with Gasteiger partial charge in [0.2, 0.25) is 10.0 Å². The molecule has 0 aromatic heterocycles. The zero-order valence-electron chi connectivity index (χ0n) is 7.62. The van der Waals surface area contributed by atoms with Gasteiger partial charge in [-0.1, -0.05) is 6.07 Å². The lowest BCUT2D eigenvalue weighted by molar-refractivity contribution is 0.607. The first-order chi connectivity index (χ1) is 6.42. The molecule has 0 saturated heterocycles. The van der Waals surface area contributed by atoms with Crippen LogP contribution in [0.25, 0.3) is 0 Å². The maximum Gasteiger partial charge on any atom is 0.229 e. The van der Waals surface area contributed by atoms with Gasteiger partial charge in [-0.3, -0.25) is 4.72 Å². The number of rotatable bonds is 3. The minimum Gasteiger partial charge on any atom is -0.326 e. The largest absolute Gasteiger partial charge is 0.326 e. The molecule has 0 atom stereocenters. The normalized spacial score (nSPS) is 11.4. The summed E-state index contributed by atoms with van der Waals surface area (Å²) < 4.78 is 25.2. The van der Waals surface area contributed by atoms with E-state index in [2.05, 4.69) is 27.3 Å². The van der Waals surface area contributed by atoms with Gasteiger partial charge in [-0.15, -0.1) is 0 Å². The highest BCUT2D eigenvalue weighted by atomic mass is 127. The molecule has 0 fully saturated rings. The molecule has 0 aliphatic heterocycles. The molecular formula is C8H11IN2O2S. The average molecular weight is 326 g/mol. The van der Waals surface area contributed by atoms with Crippen LogP contribution < -0.4 is 10.5 Å². The van der Waals surface area contributed by atoms with Crippen molar-refractivity contribution in [3.05, 3.63) is 27.3 Å². The van der Waals surface area contributed by atoms with Gasteiger partial charge in [-0.25, -0.2) is 8.42 Å². The van der Waals surface area contributed by atoms with Crippen molar-refractivity contribution in [1.29, 1.82) is 0 Å². The molecular weight excluding hydrogens is 315 g/mol. The molecule has 0 bridgehead atoms. The molecule has 78 valence electrons. The van der Waals surface area contributed by atoms with Crippen LogP contribution in [0.15, 0.2) is 18.2 Å². The highest BCUT2D eigenvalue weighted by molar-refractivity contribution is 14.1. The van der Waals surface area contributed by atoms with E-state index in [0.717, 1.165) is 15.4 Å². The number of sulfonamides is 1. The standard InChI is InChI=1S/C8H11IN2O2S/c1-14(12,13)11-8-3-2-6(5-10)4-7(8)9/h2-4,11H,5,10H2,1H3. The zero-order chi connectivity index (χ0) is 10.8. The Morgan fingerprint density at radius 3 is 2.57 bits per heavy atom. The Kier molecular flexibility index (Phi) is 3.73. The fourth-order valence-corrected chi connectivity index (χ4v) is 2.44. The molecule has 0 saturated carbocycles. The summed E-state index contributed by atoms with van der Waals surface area (Å²) >= 11 is 2.07. The van der Waals surface area contributed by atoms with E-state index in [1.54, 1.807) is 12.1 Å². The quantitative estimate of drug-likeness (QED) is 0.818. The first-order valence-electron chi connectivity index (χ1n) is 3.88. The minimum atomic E-state index is -3.21. The van der Waals surface area contributed by atoms with Crippen molar-refractivity contribution in [2.24, 2.45) is 5.73 Å². The van der Waals surface area contributed by atoms with Crippen molar-refractivity contribution >= 4 is 38.3 Å². The molecule has 1 aromatic rings. The summed E-state index contributed by atoms with van der Waals surface area (Å²) in [4.78, 5) is 0. The lowest BCUT2D eigenvalue weighted by atomic mass is 10.2. The molecule has 0 spiro atoms. The molecule has 14 heavy (non-hydrogen) atoms. The third-order valence-corrected chi connectivity index (χ3v) is 3.05. The molecule has 1 rings (SSSR count). The van der Waals surface area contributed by atoms with Crippen LogP contribution >= 0.6 is 22.6 Å². The number of anilines is 1. The van der Waals surface area contributed by atoms with E-state index in [1.807, 2.05) is 6.07 Å². The van der Waals surface area contributed by atoms with Gasteiger partial charge in [0.15, 0.2) is 0 Å². The second-order valence-electron chi connectivity index (χ2n) is 2.89. The Hall–Kier alpha value is -0.340. The van der Waals surface area contributed by atoms with E-state index in [1.165, 1.54) is 0 Å². The second-order valence-corrected chi connectivity index (χ2v) is 5.80. The molecule has 4 nitrogen and oxygen atoms in total. The molecule has 1 aromatic carbocycles. The number of hydrogen-bond acceptors (Lipinski definition) is 3. The predicted molar refractivity (Wildman–Crippen MR) is 65.5 cm³/mol. The summed E-state index contributed by atoms with van der Waals surface area (Å²) in [5.74, 6) is 0. The van der Waals surface area contributed by atoms with Gasteiger partial charge >= 0.3 is 0 Å². The Morgan fingerprint density at radius 2 is 2.14 bits per heavy atom. The summed E-state index contributed by atoms with van der Waals surface area (Å²) in [7, 11) is -3.21. The first kappa shape index (κ1) is 11.7. The van der Waals surface area contributed by atoms with Crippen molar-refractivity contribution in [3.8, 4) is 0 Å². The molecule has 0 aliphatic rings. The van der Waals surface area contributed by atoms with Crippen LogP contribution in [0.3, 0.4) is 0 Å². The summed E-state index contributed by atoms with van der Waals surface area (Å²) in [6, 6.07) is 5.37. The van der Waals surface area contributed by atoms with Gasteiger partial charge in [-0.2, -0.15) is 0 Å². The monoisotopic (exact) mass is 326 g/mol. The SMILES string of the molecule is CS(=O)(=O)Nc1ccc(CN)cc1I. The summed E-state index contributed by atoms with van der Waals surface area (Å²) in [6.45, 7) is 0.454. The zero-order valence-corrected chi connectivity index (χ0v) is 10.6. The summed E-state index contributed by atoms with van der Waals surface area (Å²) in [5, 5.41) is 0. The van der Waals surface area contributed by atoms with E-state index in [4.69, 9.17) is 5.73 Å². The number of hydrogen-bond donors (Lipinski definition) is 2.